The lowest BCUT2D eigenvalue weighted by Crippen LogP contribution is -2.01. The van der Waals surface area contributed by atoms with E-state index < -0.39 is 10.8 Å². The summed E-state index contributed by atoms with van der Waals surface area (Å²) in [6.45, 7) is 0. The Balaban J connectivity index is 2.21. The zero-order valence-electron chi connectivity index (χ0n) is 10.4. The van der Waals surface area contributed by atoms with Crippen molar-refractivity contribution in [1.29, 1.82) is 0 Å². The number of halogens is 1. The smallest absolute Gasteiger partial charge is 0.305 e. The van der Waals surface area contributed by atoms with Crippen LogP contribution in [0.3, 0.4) is 0 Å². The molecule has 0 saturated carbocycles. The lowest BCUT2D eigenvalue weighted by Gasteiger charge is -2.02. The van der Waals surface area contributed by atoms with Crippen LogP contribution in [0, 0.1) is 0 Å². The number of benzene rings is 1. The van der Waals surface area contributed by atoms with Gasteiger partial charge in [-0.15, -0.1) is 0 Å². The van der Waals surface area contributed by atoms with Gasteiger partial charge in [-0.05, 0) is 37.1 Å². The van der Waals surface area contributed by atoms with Gasteiger partial charge in [0.1, 0.15) is 0 Å². The SMILES string of the molecule is COC(=O)CCCCC[S@](=O)c1ccc(Cl)cc1. The number of hydrogen-bond acceptors (Lipinski definition) is 3. The van der Waals surface area contributed by atoms with Gasteiger partial charge in [-0.3, -0.25) is 9.00 Å². The van der Waals surface area contributed by atoms with Gasteiger partial charge in [0.25, 0.3) is 0 Å². The lowest BCUT2D eigenvalue weighted by molar-refractivity contribution is -0.140. The van der Waals surface area contributed by atoms with Crippen LogP contribution in [0.15, 0.2) is 29.2 Å². The van der Waals surface area contributed by atoms with E-state index in [2.05, 4.69) is 4.74 Å². The maximum absolute atomic E-state index is 11.9. The molecule has 1 atom stereocenters. The van der Waals surface area contributed by atoms with E-state index in [0.717, 1.165) is 24.2 Å². The van der Waals surface area contributed by atoms with E-state index in [-0.39, 0.29) is 5.97 Å². The fourth-order valence-corrected chi connectivity index (χ4v) is 2.75. The summed E-state index contributed by atoms with van der Waals surface area (Å²) in [4.78, 5) is 11.7. The molecule has 1 aromatic carbocycles. The number of rotatable bonds is 7. The Kier molecular flexibility index (Phi) is 6.98. The van der Waals surface area contributed by atoms with Crippen molar-refractivity contribution in [3.8, 4) is 0 Å². The van der Waals surface area contributed by atoms with Crippen molar-refractivity contribution in [1.82, 2.24) is 0 Å². The predicted molar refractivity (Wildman–Crippen MR) is 73.2 cm³/mol. The first kappa shape index (κ1) is 15.2. The van der Waals surface area contributed by atoms with E-state index in [1.54, 1.807) is 24.3 Å². The van der Waals surface area contributed by atoms with Crippen LogP contribution in [0.5, 0.6) is 0 Å². The van der Waals surface area contributed by atoms with Gasteiger partial charge in [-0.25, -0.2) is 0 Å². The van der Waals surface area contributed by atoms with Crippen LogP contribution in [-0.4, -0.2) is 23.0 Å². The third kappa shape index (κ3) is 5.65. The van der Waals surface area contributed by atoms with Gasteiger partial charge in [-0.1, -0.05) is 18.0 Å². The molecule has 0 fully saturated rings. The lowest BCUT2D eigenvalue weighted by atomic mass is 10.2. The Bertz CT molecular complexity index is 403. The van der Waals surface area contributed by atoms with Crippen molar-refractivity contribution >= 4 is 28.4 Å². The number of ether oxygens (including phenoxy) is 1. The highest BCUT2D eigenvalue weighted by atomic mass is 35.5. The van der Waals surface area contributed by atoms with Gasteiger partial charge in [0.2, 0.25) is 0 Å². The van der Waals surface area contributed by atoms with Crippen molar-refractivity contribution < 1.29 is 13.7 Å². The molecule has 3 nitrogen and oxygen atoms in total. The van der Waals surface area contributed by atoms with Crippen LogP contribution in [0.2, 0.25) is 5.02 Å². The number of methoxy groups -OCH3 is 1. The molecule has 0 bridgehead atoms. The van der Waals surface area contributed by atoms with Crippen LogP contribution in [0.25, 0.3) is 0 Å². The minimum atomic E-state index is -0.982. The van der Waals surface area contributed by atoms with E-state index in [4.69, 9.17) is 11.6 Å². The van der Waals surface area contributed by atoms with E-state index in [1.807, 2.05) is 0 Å². The van der Waals surface area contributed by atoms with Crippen molar-refractivity contribution in [2.24, 2.45) is 0 Å². The maximum Gasteiger partial charge on any atom is 0.305 e. The molecule has 18 heavy (non-hydrogen) atoms. The molecule has 0 amide bonds. The standard InChI is InChI=1S/C13H17ClO3S/c1-17-13(15)5-3-2-4-10-18(16)12-8-6-11(14)7-9-12/h6-9H,2-5,10H2,1H3/t18-/m0/s1. The molecule has 1 rings (SSSR count). The summed E-state index contributed by atoms with van der Waals surface area (Å²) < 4.78 is 16.4. The van der Waals surface area contributed by atoms with E-state index in [9.17, 15) is 9.00 Å². The molecule has 0 N–H and O–H groups in total. The summed E-state index contributed by atoms with van der Waals surface area (Å²) in [7, 11) is 0.404. The number of hydrogen-bond donors (Lipinski definition) is 0. The Morgan fingerprint density at radius 2 is 1.89 bits per heavy atom. The number of carbonyl (C=O) groups is 1. The molecule has 0 aliphatic rings. The summed E-state index contributed by atoms with van der Waals surface area (Å²) in [6.07, 6.45) is 2.94. The molecule has 0 radical (unpaired) electrons. The highest BCUT2D eigenvalue weighted by molar-refractivity contribution is 7.85. The first-order valence-electron chi connectivity index (χ1n) is 5.84. The molecule has 0 aromatic heterocycles. The molecule has 0 heterocycles. The third-order valence-electron chi connectivity index (χ3n) is 2.51. The Morgan fingerprint density at radius 1 is 1.22 bits per heavy atom. The van der Waals surface area contributed by atoms with E-state index in [1.165, 1.54) is 7.11 Å². The van der Waals surface area contributed by atoms with Crippen molar-refractivity contribution in [3.63, 3.8) is 0 Å². The number of unbranched alkanes of at least 4 members (excludes halogenated alkanes) is 2. The molecular weight excluding hydrogens is 272 g/mol. The van der Waals surface area contributed by atoms with Crippen LogP contribution in [0.4, 0.5) is 0 Å². The average molecular weight is 289 g/mol. The summed E-state index contributed by atoms with van der Waals surface area (Å²) in [6, 6.07) is 7.05. The zero-order chi connectivity index (χ0) is 13.4. The molecule has 0 aliphatic heterocycles. The van der Waals surface area contributed by atoms with Crippen LogP contribution in [-0.2, 0) is 20.3 Å². The van der Waals surface area contributed by atoms with E-state index >= 15 is 0 Å². The normalized spacial score (nSPS) is 12.1. The largest absolute Gasteiger partial charge is 0.469 e. The molecular formula is C13H17ClO3S. The zero-order valence-corrected chi connectivity index (χ0v) is 11.9. The highest BCUT2D eigenvalue weighted by Crippen LogP contribution is 2.14. The van der Waals surface area contributed by atoms with Gasteiger partial charge >= 0.3 is 5.97 Å². The van der Waals surface area contributed by atoms with Crippen molar-refractivity contribution in [3.05, 3.63) is 29.3 Å². The second-order valence-electron chi connectivity index (χ2n) is 3.89. The van der Waals surface area contributed by atoms with Gasteiger partial charge in [0.15, 0.2) is 0 Å². The molecule has 1 aromatic rings. The maximum atomic E-state index is 11.9. The molecule has 100 valence electrons. The summed E-state index contributed by atoms with van der Waals surface area (Å²) in [5.41, 5.74) is 0. The van der Waals surface area contributed by atoms with E-state index in [0.29, 0.717) is 17.2 Å². The van der Waals surface area contributed by atoms with Gasteiger partial charge in [0, 0.05) is 22.1 Å². The van der Waals surface area contributed by atoms with Gasteiger partial charge in [0.05, 0.1) is 17.9 Å². The van der Waals surface area contributed by atoms with Gasteiger partial charge < -0.3 is 4.74 Å². The molecule has 0 unspecified atom stereocenters. The Morgan fingerprint density at radius 3 is 2.50 bits per heavy atom. The quantitative estimate of drug-likeness (QED) is 0.572. The highest BCUT2D eigenvalue weighted by Gasteiger charge is 2.04. The van der Waals surface area contributed by atoms with Crippen molar-refractivity contribution in [2.75, 3.05) is 12.9 Å². The summed E-state index contributed by atoms with van der Waals surface area (Å²) in [5, 5.41) is 0.647. The van der Waals surface area contributed by atoms with Crippen LogP contribution < -0.4 is 0 Å². The minimum Gasteiger partial charge on any atom is -0.469 e. The second kappa shape index (κ2) is 8.27. The third-order valence-corrected chi connectivity index (χ3v) is 4.22. The molecule has 0 saturated heterocycles. The molecule has 0 spiro atoms. The summed E-state index contributed by atoms with van der Waals surface area (Å²) >= 11 is 5.76. The second-order valence-corrected chi connectivity index (χ2v) is 5.90. The number of esters is 1. The fourth-order valence-electron chi connectivity index (χ4n) is 1.49. The Hall–Kier alpha value is -0.870. The first-order chi connectivity index (χ1) is 8.63. The monoisotopic (exact) mass is 288 g/mol. The average Bonchev–Trinajstić information content (AvgIpc) is 2.38. The predicted octanol–water partition coefficient (Wildman–Crippen LogP) is 3.18. The van der Waals surface area contributed by atoms with Crippen molar-refractivity contribution in [2.45, 2.75) is 30.6 Å². The van der Waals surface area contributed by atoms with Crippen LogP contribution >= 0.6 is 11.6 Å². The van der Waals surface area contributed by atoms with Crippen LogP contribution in [0.1, 0.15) is 25.7 Å². The van der Waals surface area contributed by atoms with Gasteiger partial charge in [-0.2, -0.15) is 0 Å². The fraction of sp³-hybridized carbons (Fsp3) is 0.462. The minimum absolute atomic E-state index is 0.186. The number of carbonyl (C=O) groups excluding carboxylic acids is 1. The first-order valence-corrected chi connectivity index (χ1v) is 7.54. The summed E-state index contributed by atoms with van der Waals surface area (Å²) in [5.74, 6) is 0.428. The molecule has 0 aliphatic carbocycles. The topological polar surface area (TPSA) is 43.4 Å². The molecule has 5 heteroatoms. The Labute approximate surface area is 115 Å².